The number of imidazole rings is 2. The Morgan fingerprint density at radius 2 is 1.44 bits per heavy atom. The van der Waals surface area contributed by atoms with Gasteiger partial charge in [-0.2, -0.15) is 0 Å². The van der Waals surface area contributed by atoms with E-state index < -0.39 is 11.2 Å². The van der Waals surface area contributed by atoms with Crippen LogP contribution in [0.1, 0.15) is 38.8 Å². The lowest BCUT2D eigenvalue weighted by Crippen LogP contribution is -2.15. The van der Waals surface area contributed by atoms with Gasteiger partial charge in [-0.3, -0.25) is 4.40 Å². The summed E-state index contributed by atoms with van der Waals surface area (Å²) in [5.74, 6) is 0. The highest BCUT2D eigenvalue weighted by Gasteiger charge is 2.17. The van der Waals surface area contributed by atoms with E-state index in [4.69, 9.17) is 0 Å². The molecule has 27 heavy (non-hydrogen) atoms. The number of halogens is 1. The Morgan fingerprint density at radius 1 is 0.852 bits per heavy atom. The molecule has 0 aliphatic carbocycles. The molecule has 4 aromatic heterocycles. The normalized spacial score (nSPS) is 12.3. The van der Waals surface area contributed by atoms with E-state index in [-0.39, 0.29) is 0 Å². The predicted molar refractivity (Wildman–Crippen MR) is 114 cm³/mol. The van der Waals surface area contributed by atoms with E-state index in [9.17, 15) is 10.2 Å². The summed E-state index contributed by atoms with van der Waals surface area (Å²) >= 11 is 2.22. The molecule has 0 bridgehead atoms. The van der Waals surface area contributed by atoms with Crippen molar-refractivity contribution in [2.24, 2.45) is 0 Å². The van der Waals surface area contributed by atoms with Crippen LogP contribution in [0.15, 0.2) is 55.2 Å². The molecule has 0 aromatic carbocycles. The summed E-state index contributed by atoms with van der Waals surface area (Å²) in [5, 5.41) is 19.6. The molecule has 0 radical (unpaired) electrons. The number of fused-ring (bicyclic) bond motifs is 2. The van der Waals surface area contributed by atoms with E-state index in [2.05, 4.69) is 32.6 Å². The van der Waals surface area contributed by atoms with Crippen LogP contribution in [0, 0.1) is 3.70 Å². The minimum absolute atomic E-state index is 0.798. The van der Waals surface area contributed by atoms with Crippen LogP contribution in [0.4, 0.5) is 0 Å². The molecule has 0 unspecified atom stereocenters. The summed E-state index contributed by atoms with van der Waals surface area (Å²) in [6, 6.07) is 7.60. The molecule has 142 valence electrons. The van der Waals surface area contributed by atoms with Crippen LogP contribution in [0.2, 0.25) is 0 Å². The molecule has 4 rings (SSSR count). The molecule has 0 saturated heterocycles. The first-order valence-corrected chi connectivity index (χ1v) is 9.64. The minimum Gasteiger partial charge on any atom is -0.386 e. The van der Waals surface area contributed by atoms with Gasteiger partial charge in [0.15, 0.2) is 0 Å². The van der Waals surface area contributed by atoms with Gasteiger partial charge in [0, 0.05) is 24.8 Å². The third-order valence-electron chi connectivity index (χ3n) is 4.28. The predicted octanol–water partition coefficient (Wildman–Crippen LogP) is 3.73. The van der Waals surface area contributed by atoms with E-state index in [1.807, 2.05) is 57.9 Å². The number of hydrogen-bond acceptors (Lipinski definition) is 4. The van der Waals surface area contributed by atoms with Gasteiger partial charge in [-0.25, -0.2) is 9.97 Å². The van der Waals surface area contributed by atoms with Gasteiger partial charge < -0.3 is 14.6 Å². The standard InChI is InChI=1S/C10H11IN2O.C10H12N2O/c1-10(2,14)7-3-4-13-8(11)6-12-9(13)5-7;1-10(2,13)8-3-5-12-6-4-11-9(12)7-8/h3-6,14H,1-2H3;3-7,13H,1-2H3. The Hall–Kier alpha value is -1.97. The second-order valence-electron chi connectivity index (χ2n) is 7.45. The van der Waals surface area contributed by atoms with E-state index >= 15 is 0 Å². The van der Waals surface area contributed by atoms with Crippen molar-refractivity contribution >= 4 is 33.9 Å². The number of hydrogen-bond donors (Lipinski definition) is 2. The summed E-state index contributed by atoms with van der Waals surface area (Å²) < 4.78 is 4.96. The highest BCUT2D eigenvalue weighted by molar-refractivity contribution is 14.1. The average Bonchev–Trinajstić information content (AvgIpc) is 3.19. The van der Waals surface area contributed by atoms with Crippen molar-refractivity contribution < 1.29 is 10.2 Å². The zero-order valence-corrected chi connectivity index (χ0v) is 17.9. The summed E-state index contributed by atoms with van der Waals surface area (Å²) in [4.78, 5) is 8.38. The maximum atomic E-state index is 9.82. The monoisotopic (exact) mass is 478 g/mol. The van der Waals surface area contributed by atoms with Gasteiger partial charge in [-0.15, -0.1) is 0 Å². The summed E-state index contributed by atoms with van der Waals surface area (Å²) in [6.07, 6.45) is 9.25. The van der Waals surface area contributed by atoms with Gasteiger partial charge in [0.25, 0.3) is 0 Å². The van der Waals surface area contributed by atoms with E-state index in [1.165, 1.54) is 0 Å². The molecule has 4 heterocycles. The highest BCUT2D eigenvalue weighted by Crippen LogP contribution is 2.21. The molecule has 0 aliphatic heterocycles. The van der Waals surface area contributed by atoms with Crippen LogP contribution in [0.25, 0.3) is 11.3 Å². The molecule has 0 amide bonds. The molecule has 7 heteroatoms. The summed E-state index contributed by atoms with van der Waals surface area (Å²) in [5.41, 5.74) is 1.89. The minimum atomic E-state index is -0.806. The van der Waals surface area contributed by atoms with Crippen molar-refractivity contribution in [1.29, 1.82) is 0 Å². The van der Waals surface area contributed by atoms with Crippen molar-refractivity contribution in [3.63, 3.8) is 0 Å². The lowest BCUT2D eigenvalue weighted by atomic mass is 10.00. The average molecular weight is 478 g/mol. The fourth-order valence-electron chi connectivity index (χ4n) is 2.62. The van der Waals surface area contributed by atoms with Gasteiger partial charge in [0.1, 0.15) is 15.0 Å². The van der Waals surface area contributed by atoms with Gasteiger partial charge in [0.2, 0.25) is 0 Å². The largest absolute Gasteiger partial charge is 0.386 e. The second kappa shape index (κ2) is 7.21. The van der Waals surface area contributed by atoms with Gasteiger partial charge >= 0.3 is 0 Å². The Bertz CT molecular complexity index is 1070. The highest BCUT2D eigenvalue weighted by atomic mass is 127. The third-order valence-corrected chi connectivity index (χ3v) is 5.08. The van der Waals surface area contributed by atoms with Crippen LogP contribution in [0.5, 0.6) is 0 Å². The molecule has 0 saturated carbocycles. The maximum Gasteiger partial charge on any atom is 0.137 e. The first-order valence-electron chi connectivity index (χ1n) is 8.57. The molecule has 0 fully saturated rings. The number of aliphatic hydroxyl groups is 2. The lowest BCUT2D eigenvalue weighted by Gasteiger charge is -2.17. The first kappa shape index (κ1) is 19.8. The molecule has 0 atom stereocenters. The number of nitrogens with zero attached hydrogens (tertiary/aromatic N) is 4. The molecule has 0 aliphatic rings. The Morgan fingerprint density at radius 3 is 2.07 bits per heavy atom. The van der Waals surface area contributed by atoms with Crippen LogP contribution < -0.4 is 0 Å². The summed E-state index contributed by atoms with van der Waals surface area (Å²) in [6.45, 7) is 7.07. The van der Waals surface area contributed by atoms with Gasteiger partial charge in [0.05, 0.1) is 17.4 Å². The van der Waals surface area contributed by atoms with Crippen molar-refractivity contribution in [2.45, 2.75) is 38.9 Å². The number of pyridine rings is 2. The van der Waals surface area contributed by atoms with Gasteiger partial charge in [-0.05, 0) is 85.7 Å². The maximum absolute atomic E-state index is 9.82. The van der Waals surface area contributed by atoms with Gasteiger partial charge in [-0.1, -0.05) is 0 Å². The number of rotatable bonds is 2. The van der Waals surface area contributed by atoms with E-state index in [0.717, 1.165) is 26.1 Å². The van der Waals surface area contributed by atoms with Crippen molar-refractivity contribution in [3.05, 3.63) is 70.1 Å². The SMILES string of the molecule is CC(C)(O)c1ccn2c(I)cnc2c1.CC(C)(O)c1ccn2ccnc2c1. The Balaban J connectivity index is 0.000000156. The van der Waals surface area contributed by atoms with Crippen molar-refractivity contribution in [1.82, 2.24) is 18.8 Å². The molecule has 4 aromatic rings. The van der Waals surface area contributed by atoms with E-state index in [1.54, 1.807) is 33.9 Å². The quantitative estimate of drug-likeness (QED) is 0.431. The molecular weight excluding hydrogens is 455 g/mol. The van der Waals surface area contributed by atoms with Crippen molar-refractivity contribution in [3.8, 4) is 0 Å². The zero-order valence-electron chi connectivity index (χ0n) is 15.8. The second-order valence-corrected chi connectivity index (χ2v) is 8.56. The first-order chi connectivity index (χ1) is 12.6. The zero-order chi connectivity index (χ0) is 19.8. The van der Waals surface area contributed by atoms with E-state index in [0.29, 0.717) is 0 Å². The summed E-state index contributed by atoms with van der Waals surface area (Å²) in [7, 11) is 0. The lowest BCUT2D eigenvalue weighted by molar-refractivity contribution is 0.0780. The van der Waals surface area contributed by atoms with Crippen LogP contribution >= 0.6 is 22.6 Å². The van der Waals surface area contributed by atoms with Crippen LogP contribution in [-0.4, -0.2) is 29.0 Å². The van der Waals surface area contributed by atoms with Crippen LogP contribution in [-0.2, 0) is 11.2 Å². The molecule has 0 spiro atoms. The Labute approximate surface area is 171 Å². The Kier molecular flexibility index (Phi) is 5.29. The number of aromatic nitrogens is 4. The molecular formula is C20H23IN4O2. The molecule has 6 nitrogen and oxygen atoms in total. The fourth-order valence-corrected chi connectivity index (χ4v) is 3.17. The van der Waals surface area contributed by atoms with Crippen molar-refractivity contribution in [2.75, 3.05) is 0 Å². The van der Waals surface area contributed by atoms with Crippen LogP contribution in [0.3, 0.4) is 0 Å². The topological polar surface area (TPSA) is 75.1 Å². The smallest absolute Gasteiger partial charge is 0.137 e. The third kappa shape index (κ3) is 4.48. The fraction of sp³-hybridized carbons (Fsp3) is 0.300. The molecule has 2 N–H and O–H groups in total.